The maximum Gasteiger partial charge on any atom is 0.269 e. The summed E-state index contributed by atoms with van der Waals surface area (Å²) in [5.74, 6) is -1.49. The lowest BCUT2D eigenvalue weighted by molar-refractivity contribution is 0.588. The molecule has 0 aliphatic carbocycles. The predicted molar refractivity (Wildman–Crippen MR) is 118 cm³/mol. The lowest BCUT2D eigenvalue weighted by Crippen LogP contribution is -2.12. The number of rotatable bonds is 6. The summed E-state index contributed by atoms with van der Waals surface area (Å²) in [6.45, 7) is 0.445. The van der Waals surface area contributed by atoms with Gasteiger partial charge >= 0.3 is 0 Å². The molecule has 0 spiro atoms. The second kappa shape index (κ2) is 9.01. The van der Waals surface area contributed by atoms with Gasteiger partial charge in [0.25, 0.3) is 10.0 Å². The number of hydrogen-bond donors (Lipinski definition) is 2. The van der Waals surface area contributed by atoms with Crippen LogP contribution in [0.4, 0.5) is 20.2 Å². The second-order valence-corrected chi connectivity index (χ2v) is 8.44. The van der Waals surface area contributed by atoms with Crippen molar-refractivity contribution in [3.05, 3.63) is 84.3 Å². The van der Waals surface area contributed by atoms with Crippen LogP contribution in [0, 0.1) is 11.6 Å². The van der Waals surface area contributed by atoms with Crippen molar-refractivity contribution in [2.24, 2.45) is 0 Å². The van der Waals surface area contributed by atoms with Crippen LogP contribution < -0.4 is 10.6 Å². The molecule has 4 rings (SSSR count). The third-order valence-corrected chi connectivity index (χ3v) is 6.30. The zero-order valence-corrected chi connectivity index (χ0v) is 18.0. The molecule has 31 heavy (non-hydrogen) atoms. The normalized spacial score (nSPS) is 11.3. The van der Waals surface area contributed by atoms with E-state index in [2.05, 4.69) is 15.6 Å². The smallest absolute Gasteiger partial charge is 0.269 e. The number of aromatic nitrogens is 2. The molecular weight excluding hydrogens is 446 g/mol. The molecule has 10 heteroatoms. The van der Waals surface area contributed by atoms with Crippen molar-refractivity contribution in [1.29, 1.82) is 0 Å². The summed E-state index contributed by atoms with van der Waals surface area (Å²) in [7, 11) is -2.16. The van der Waals surface area contributed by atoms with E-state index in [4.69, 9.17) is 0 Å². The number of hydrogen-bond acceptors (Lipinski definition) is 5. The number of nitrogens with zero attached hydrogens (tertiary/aromatic N) is 2. The Hall–Kier alpha value is -3.01. The van der Waals surface area contributed by atoms with E-state index in [1.54, 1.807) is 31.3 Å². The van der Waals surface area contributed by atoms with E-state index in [0.29, 0.717) is 23.1 Å². The summed E-state index contributed by atoms with van der Waals surface area (Å²) in [6.07, 6.45) is 4.30. The van der Waals surface area contributed by atoms with Crippen molar-refractivity contribution < 1.29 is 17.2 Å². The first kappa shape index (κ1) is 22.7. The standard InChI is InChI=1S/C21H18F2N4O2S.ClH/c1-24-11-14-13-27(30(28,29)16-4-3-9-25-12-16)20-10-15(7-8-17(14)20)26-21-18(22)5-2-6-19(21)23;/h2-10,12-13,24,26H,11H2,1H3;1H. The Kier molecular flexibility index (Phi) is 6.59. The van der Waals surface area contributed by atoms with E-state index in [-0.39, 0.29) is 23.0 Å². The van der Waals surface area contributed by atoms with Gasteiger partial charge in [-0.2, -0.15) is 0 Å². The quantitative estimate of drug-likeness (QED) is 0.441. The third-order valence-electron chi connectivity index (χ3n) is 4.64. The van der Waals surface area contributed by atoms with Gasteiger partial charge < -0.3 is 10.6 Å². The van der Waals surface area contributed by atoms with Crippen LogP contribution in [0.2, 0.25) is 0 Å². The topological polar surface area (TPSA) is 76.0 Å². The number of pyridine rings is 1. The summed E-state index contributed by atoms with van der Waals surface area (Å²) in [5.41, 5.74) is 1.19. The van der Waals surface area contributed by atoms with Crippen LogP contribution in [-0.2, 0) is 16.6 Å². The van der Waals surface area contributed by atoms with Crippen LogP contribution in [0.5, 0.6) is 0 Å². The minimum absolute atomic E-state index is 0. The fraction of sp³-hybridized carbons (Fsp3) is 0.0952. The molecular formula is C21H19ClF2N4O2S. The summed E-state index contributed by atoms with van der Waals surface area (Å²) in [6, 6.07) is 11.5. The molecule has 6 nitrogen and oxygen atoms in total. The van der Waals surface area contributed by atoms with E-state index < -0.39 is 21.7 Å². The average Bonchev–Trinajstić information content (AvgIpc) is 3.10. The van der Waals surface area contributed by atoms with E-state index in [1.807, 2.05) is 0 Å². The Bertz CT molecular complexity index is 1310. The highest BCUT2D eigenvalue weighted by molar-refractivity contribution is 7.90. The molecule has 2 heterocycles. The third kappa shape index (κ3) is 4.25. The largest absolute Gasteiger partial charge is 0.351 e. The highest BCUT2D eigenvalue weighted by Gasteiger charge is 2.22. The maximum absolute atomic E-state index is 14.0. The van der Waals surface area contributed by atoms with Gasteiger partial charge in [-0.15, -0.1) is 12.4 Å². The van der Waals surface area contributed by atoms with E-state index >= 15 is 0 Å². The molecule has 0 amide bonds. The minimum atomic E-state index is -3.92. The molecule has 0 radical (unpaired) electrons. The van der Waals surface area contributed by atoms with Gasteiger partial charge in [0.2, 0.25) is 0 Å². The van der Waals surface area contributed by atoms with Gasteiger partial charge in [-0.1, -0.05) is 12.1 Å². The Morgan fingerprint density at radius 2 is 1.81 bits per heavy atom. The zero-order chi connectivity index (χ0) is 21.3. The van der Waals surface area contributed by atoms with Gasteiger partial charge in [0.1, 0.15) is 22.2 Å². The molecule has 162 valence electrons. The molecule has 0 bridgehead atoms. The molecule has 0 atom stereocenters. The van der Waals surface area contributed by atoms with Crippen molar-refractivity contribution in [1.82, 2.24) is 14.3 Å². The first-order valence-corrected chi connectivity index (χ1v) is 10.5. The first-order chi connectivity index (χ1) is 14.4. The molecule has 0 unspecified atom stereocenters. The van der Waals surface area contributed by atoms with Crippen molar-refractivity contribution in [3.8, 4) is 0 Å². The monoisotopic (exact) mass is 464 g/mol. The van der Waals surface area contributed by atoms with E-state index in [1.165, 1.54) is 30.7 Å². The van der Waals surface area contributed by atoms with Crippen LogP contribution in [0.3, 0.4) is 0 Å². The molecule has 2 aromatic heterocycles. The summed E-state index contributed by atoms with van der Waals surface area (Å²) >= 11 is 0. The molecule has 2 aromatic carbocycles. The molecule has 0 aliphatic rings. The first-order valence-electron chi connectivity index (χ1n) is 9.07. The average molecular weight is 465 g/mol. The van der Waals surface area contributed by atoms with Gasteiger partial charge in [-0.05, 0) is 49.0 Å². The van der Waals surface area contributed by atoms with E-state index in [0.717, 1.165) is 21.7 Å². The number of benzene rings is 2. The Morgan fingerprint density at radius 3 is 2.45 bits per heavy atom. The summed E-state index contributed by atoms with van der Waals surface area (Å²) in [4.78, 5) is 3.93. The van der Waals surface area contributed by atoms with Gasteiger partial charge in [0, 0.05) is 36.2 Å². The summed E-state index contributed by atoms with van der Waals surface area (Å²) in [5, 5.41) is 6.43. The van der Waals surface area contributed by atoms with Crippen LogP contribution in [0.25, 0.3) is 10.9 Å². The summed E-state index contributed by atoms with van der Waals surface area (Å²) < 4.78 is 55.6. The Balaban J connectivity index is 0.00000272. The number of fused-ring (bicyclic) bond motifs is 1. The van der Waals surface area contributed by atoms with Crippen molar-refractivity contribution in [3.63, 3.8) is 0 Å². The lowest BCUT2D eigenvalue weighted by Gasteiger charge is -2.11. The molecule has 2 N–H and O–H groups in total. The fourth-order valence-electron chi connectivity index (χ4n) is 3.25. The molecule has 0 saturated carbocycles. The molecule has 0 fully saturated rings. The number of nitrogens with one attached hydrogen (secondary N) is 2. The number of halogens is 3. The number of para-hydroxylation sites is 1. The molecule has 4 aromatic rings. The zero-order valence-electron chi connectivity index (χ0n) is 16.3. The van der Waals surface area contributed by atoms with Crippen LogP contribution in [0.1, 0.15) is 5.56 Å². The Labute approximate surface area is 184 Å². The lowest BCUT2D eigenvalue weighted by atomic mass is 10.1. The number of anilines is 2. The fourth-order valence-corrected chi connectivity index (χ4v) is 4.60. The Morgan fingerprint density at radius 1 is 1.06 bits per heavy atom. The second-order valence-electron chi connectivity index (χ2n) is 6.63. The highest BCUT2D eigenvalue weighted by atomic mass is 35.5. The van der Waals surface area contributed by atoms with Gasteiger partial charge in [0.05, 0.1) is 5.52 Å². The molecule has 0 saturated heterocycles. The van der Waals surface area contributed by atoms with Crippen molar-refractivity contribution in [2.45, 2.75) is 11.4 Å². The van der Waals surface area contributed by atoms with Crippen LogP contribution in [0.15, 0.2) is 72.0 Å². The van der Waals surface area contributed by atoms with E-state index in [9.17, 15) is 17.2 Å². The van der Waals surface area contributed by atoms with Crippen LogP contribution >= 0.6 is 12.4 Å². The van der Waals surface area contributed by atoms with Gasteiger partial charge in [-0.3, -0.25) is 4.98 Å². The SMILES string of the molecule is CNCc1cn(S(=O)(=O)c2cccnc2)c2cc(Nc3c(F)cccc3F)ccc12.Cl. The van der Waals surface area contributed by atoms with Crippen LogP contribution in [-0.4, -0.2) is 24.4 Å². The van der Waals surface area contributed by atoms with Gasteiger partial charge in [0.15, 0.2) is 0 Å². The minimum Gasteiger partial charge on any atom is -0.351 e. The van der Waals surface area contributed by atoms with Crippen molar-refractivity contribution >= 4 is 44.7 Å². The van der Waals surface area contributed by atoms with Crippen molar-refractivity contribution in [2.75, 3.05) is 12.4 Å². The molecule has 0 aliphatic heterocycles. The highest BCUT2D eigenvalue weighted by Crippen LogP contribution is 2.30. The predicted octanol–water partition coefficient (Wildman–Crippen LogP) is 4.44. The maximum atomic E-state index is 14.0. The van der Waals surface area contributed by atoms with Gasteiger partial charge in [-0.25, -0.2) is 21.2 Å².